The Bertz CT molecular complexity index is 512. The Labute approximate surface area is 137 Å². The molecule has 0 spiro atoms. The number of carbonyl (C=O) groups excluding carboxylic acids is 1. The highest BCUT2D eigenvalue weighted by atomic mass is 16.5. The van der Waals surface area contributed by atoms with Crippen LogP contribution in [0.1, 0.15) is 24.8 Å². The Morgan fingerprint density at radius 2 is 2.17 bits per heavy atom. The maximum atomic E-state index is 11.8. The second-order valence-corrected chi connectivity index (χ2v) is 5.79. The molecule has 2 N–H and O–H groups in total. The smallest absolute Gasteiger partial charge is 0.220 e. The third-order valence-corrected chi connectivity index (χ3v) is 3.83. The zero-order chi connectivity index (χ0) is 16.5. The average molecular weight is 319 g/mol. The second-order valence-electron chi connectivity index (χ2n) is 5.79. The molecule has 1 aromatic carbocycles. The number of methoxy groups -OCH3 is 1. The van der Waals surface area contributed by atoms with Crippen molar-refractivity contribution in [2.75, 3.05) is 20.3 Å². The Morgan fingerprint density at radius 1 is 1.39 bits per heavy atom. The minimum atomic E-state index is -0.698. The maximum Gasteiger partial charge on any atom is 0.220 e. The molecule has 0 saturated heterocycles. The summed E-state index contributed by atoms with van der Waals surface area (Å²) in [6.45, 7) is 0.829. The van der Waals surface area contributed by atoms with Crippen LogP contribution in [0.25, 0.3) is 0 Å². The van der Waals surface area contributed by atoms with Gasteiger partial charge in [0.2, 0.25) is 5.91 Å². The molecule has 2 atom stereocenters. The summed E-state index contributed by atoms with van der Waals surface area (Å²) in [6.07, 6.45) is 6.10. The van der Waals surface area contributed by atoms with Crippen molar-refractivity contribution in [1.29, 1.82) is 0 Å². The van der Waals surface area contributed by atoms with Gasteiger partial charge < -0.3 is 19.9 Å². The average Bonchev–Trinajstić information content (AvgIpc) is 3.06. The van der Waals surface area contributed by atoms with Crippen LogP contribution < -0.4 is 10.1 Å². The molecule has 5 nitrogen and oxygen atoms in total. The third kappa shape index (κ3) is 6.42. The number of aliphatic hydroxyl groups is 1. The number of hydrogen-bond donors (Lipinski definition) is 2. The van der Waals surface area contributed by atoms with Gasteiger partial charge in [-0.15, -0.1) is 0 Å². The van der Waals surface area contributed by atoms with Crippen LogP contribution in [0.2, 0.25) is 0 Å². The molecule has 0 saturated carbocycles. The highest BCUT2D eigenvalue weighted by Gasteiger charge is 2.14. The van der Waals surface area contributed by atoms with Crippen LogP contribution in [-0.4, -0.2) is 37.4 Å². The SMILES string of the molecule is COc1ccc(COCC(O)CNC(=O)CC2C=CCC2)cc1. The summed E-state index contributed by atoms with van der Waals surface area (Å²) in [5.74, 6) is 1.13. The molecule has 0 aromatic heterocycles. The van der Waals surface area contributed by atoms with E-state index in [-0.39, 0.29) is 19.1 Å². The van der Waals surface area contributed by atoms with Crippen molar-refractivity contribution < 1.29 is 19.4 Å². The number of hydrogen-bond acceptors (Lipinski definition) is 4. The van der Waals surface area contributed by atoms with Crippen LogP contribution in [-0.2, 0) is 16.1 Å². The van der Waals surface area contributed by atoms with Crippen LogP contribution in [0.15, 0.2) is 36.4 Å². The third-order valence-electron chi connectivity index (χ3n) is 3.83. The molecular formula is C18H25NO4. The zero-order valence-corrected chi connectivity index (χ0v) is 13.5. The Hall–Kier alpha value is -1.85. The summed E-state index contributed by atoms with van der Waals surface area (Å²) in [7, 11) is 1.62. The van der Waals surface area contributed by atoms with Crippen molar-refractivity contribution in [3.63, 3.8) is 0 Å². The summed E-state index contributed by atoms with van der Waals surface area (Å²) in [6, 6.07) is 7.57. The van der Waals surface area contributed by atoms with E-state index >= 15 is 0 Å². The first-order chi connectivity index (χ1) is 11.2. The summed E-state index contributed by atoms with van der Waals surface area (Å²) >= 11 is 0. The fraction of sp³-hybridized carbons (Fsp3) is 0.500. The van der Waals surface area contributed by atoms with Crippen molar-refractivity contribution >= 4 is 5.91 Å². The predicted molar refractivity (Wildman–Crippen MR) is 88.1 cm³/mol. The first-order valence-corrected chi connectivity index (χ1v) is 7.99. The topological polar surface area (TPSA) is 67.8 Å². The Morgan fingerprint density at radius 3 is 2.83 bits per heavy atom. The van der Waals surface area contributed by atoms with Crippen LogP contribution in [0.4, 0.5) is 0 Å². The molecule has 23 heavy (non-hydrogen) atoms. The van der Waals surface area contributed by atoms with Gasteiger partial charge in [0.1, 0.15) is 5.75 Å². The molecule has 1 aromatic rings. The molecule has 0 fully saturated rings. The summed E-state index contributed by atoms with van der Waals surface area (Å²) in [5, 5.41) is 12.6. The number of carbonyl (C=O) groups is 1. The van der Waals surface area contributed by atoms with E-state index in [9.17, 15) is 9.90 Å². The highest BCUT2D eigenvalue weighted by molar-refractivity contribution is 5.76. The van der Waals surface area contributed by atoms with Crippen LogP contribution in [0.3, 0.4) is 0 Å². The lowest BCUT2D eigenvalue weighted by atomic mass is 10.1. The van der Waals surface area contributed by atoms with Gasteiger partial charge in [-0.05, 0) is 36.5 Å². The van der Waals surface area contributed by atoms with Crippen molar-refractivity contribution in [3.05, 3.63) is 42.0 Å². The van der Waals surface area contributed by atoms with Crippen molar-refractivity contribution in [1.82, 2.24) is 5.32 Å². The molecule has 0 aliphatic heterocycles. The van der Waals surface area contributed by atoms with Crippen molar-refractivity contribution in [2.24, 2.45) is 5.92 Å². The summed E-state index contributed by atoms with van der Waals surface area (Å²) in [5.41, 5.74) is 1.01. The molecule has 2 unspecified atom stereocenters. The molecule has 1 aliphatic rings. The molecule has 0 bridgehead atoms. The van der Waals surface area contributed by atoms with Gasteiger partial charge in [0.25, 0.3) is 0 Å². The van der Waals surface area contributed by atoms with E-state index in [4.69, 9.17) is 9.47 Å². The van der Waals surface area contributed by atoms with Crippen LogP contribution in [0.5, 0.6) is 5.75 Å². The lowest BCUT2D eigenvalue weighted by molar-refractivity contribution is -0.122. The standard InChI is InChI=1S/C18H25NO4/c1-22-17-8-6-15(7-9-17)12-23-13-16(20)11-19-18(21)10-14-4-2-3-5-14/h2,4,6-9,14,16,20H,3,5,10-13H2,1H3,(H,19,21). The van der Waals surface area contributed by atoms with Gasteiger partial charge in [0.05, 0.1) is 26.4 Å². The van der Waals surface area contributed by atoms with E-state index in [1.807, 2.05) is 24.3 Å². The highest BCUT2D eigenvalue weighted by Crippen LogP contribution is 2.19. The van der Waals surface area contributed by atoms with Crippen LogP contribution >= 0.6 is 0 Å². The fourth-order valence-electron chi connectivity index (χ4n) is 2.50. The molecule has 5 heteroatoms. The van der Waals surface area contributed by atoms with Gasteiger partial charge in [0.15, 0.2) is 0 Å². The molecular weight excluding hydrogens is 294 g/mol. The van der Waals surface area contributed by atoms with Gasteiger partial charge in [-0.25, -0.2) is 0 Å². The fourth-order valence-corrected chi connectivity index (χ4v) is 2.50. The second kappa shape index (κ2) is 9.33. The van der Waals surface area contributed by atoms with Gasteiger partial charge in [-0.2, -0.15) is 0 Å². The van der Waals surface area contributed by atoms with E-state index in [0.29, 0.717) is 18.9 Å². The van der Waals surface area contributed by atoms with Crippen molar-refractivity contribution in [3.8, 4) is 5.75 Å². The number of ether oxygens (including phenoxy) is 2. The number of allylic oxidation sites excluding steroid dienone is 2. The van der Waals surface area contributed by atoms with E-state index in [0.717, 1.165) is 24.2 Å². The lowest BCUT2D eigenvalue weighted by Crippen LogP contribution is -2.35. The van der Waals surface area contributed by atoms with E-state index in [1.165, 1.54) is 0 Å². The zero-order valence-electron chi connectivity index (χ0n) is 13.5. The number of nitrogens with one attached hydrogen (secondary N) is 1. The van der Waals surface area contributed by atoms with E-state index < -0.39 is 6.10 Å². The van der Waals surface area contributed by atoms with Gasteiger partial charge in [0, 0.05) is 13.0 Å². The van der Waals surface area contributed by atoms with Gasteiger partial charge >= 0.3 is 0 Å². The number of amides is 1. The molecule has 126 valence electrons. The minimum Gasteiger partial charge on any atom is -0.497 e. The quantitative estimate of drug-likeness (QED) is 0.684. The maximum absolute atomic E-state index is 11.8. The van der Waals surface area contributed by atoms with Crippen molar-refractivity contribution in [2.45, 2.75) is 32.0 Å². The molecule has 0 heterocycles. The Balaban J connectivity index is 1.57. The first kappa shape index (κ1) is 17.5. The molecule has 2 rings (SSSR count). The number of benzene rings is 1. The van der Waals surface area contributed by atoms with Gasteiger partial charge in [-0.3, -0.25) is 4.79 Å². The normalized spacial score (nSPS) is 17.9. The first-order valence-electron chi connectivity index (χ1n) is 7.99. The predicted octanol–water partition coefficient (Wildman–Crippen LogP) is 2.05. The van der Waals surface area contributed by atoms with Crippen LogP contribution in [0, 0.1) is 5.92 Å². The molecule has 0 radical (unpaired) electrons. The molecule has 1 aliphatic carbocycles. The largest absolute Gasteiger partial charge is 0.497 e. The Kier molecular flexibility index (Phi) is 7.10. The van der Waals surface area contributed by atoms with E-state index in [2.05, 4.69) is 17.5 Å². The lowest BCUT2D eigenvalue weighted by Gasteiger charge is -2.14. The summed E-state index contributed by atoms with van der Waals surface area (Å²) in [4.78, 5) is 11.8. The van der Waals surface area contributed by atoms with Gasteiger partial charge in [-0.1, -0.05) is 24.3 Å². The van der Waals surface area contributed by atoms with E-state index in [1.54, 1.807) is 7.11 Å². The monoisotopic (exact) mass is 319 g/mol. The summed E-state index contributed by atoms with van der Waals surface area (Å²) < 4.78 is 10.6. The molecule has 1 amide bonds. The number of rotatable bonds is 9. The number of aliphatic hydroxyl groups excluding tert-OH is 1. The minimum absolute atomic E-state index is 0.0178.